The zero-order chi connectivity index (χ0) is 27.6. The second-order valence-corrected chi connectivity index (χ2v) is 11.7. The lowest BCUT2D eigenvalue weighted by Gasteiger charge is -2.30. The summed E-state index contributed by atoms with van der Waals surface area (Å²) in [5.74, 6) is 0.729. The summed E-state index contributed by atoms with van der Waals surface area (Å²) in [4.78, 5) is 30.6. The lowest BCUT2D eigenvalue weighted by atomic mass is 9.81. The third kappa shape index (κ3) is 5.24. The maximum absolute atomic E-state index is 13.8. The van der Waals surface area contributed by atoms with Crippen molar-refractivity contribution in [3.8, 4) is 22.6 Å². The van der Waals surface area contributed by atoms with E-state index < -0.39 is 11.8 Å². The summed E-state index contributed by atoms with van der Waals surface area (Å²) in [7, 11) is 2.15. The highest BCUT2D eigenvalue weighted by atomic mass is 16.5. The van der Waals surface area contributed by atoms with Crippen LogP contribution in [0.1, 0.15) is 69.4 Å². The largest absolute Gasteiger partial charge is 0.439 e. The Labute approximate surface area is 234 Å². The first-order chi connectivity index (χ1) is 19.5. The number of piperidine rings is 1. The molecular formula is C32H39N5O3. The minimum atomic E-state index is -0.584. The molecule has 6 rings (SSSR count). The zero-order valence-corrected chi connectivity index (χ0v) is 23.5. The molecule has 2 fully saturated rings. The first kappa shape index (κ1) is 26.6. The van der Waals surface area contributed by atoms with Crippen molar-refractivity contribution in [3.63, 3.8) is 0 Å². The first-order valence-corrected chi connectivity index (χ1v) is 14.8. The van der Waals surface area contributed by atoms with Gasteiger partial charge in [-0.25, -0.2) is 4.79 Å². The molecule has 40 heavy (non-hydrogen) atoms. The van der Waals surface area contributed by atoms with Gasteiger partial charge >= 0.3 is 5.76 Å². The fraction of sp³-hybridized carbons (Fsp3) is 0.469. The zero-order valence-electron chi connectivity index (χ0n) is 23.5. The van der Waals surface area contributed by atoms with Crippen LogP contribution < -0.4 is 11.1 Å². The smallest absolute Gasteiger partial charge is 0.354 e. The van der Waals surface area contributed by atoms with E-state index in [4.69, 9.17) is 4.52 Å². The minimum absolute atomic E-state index is 0.0257. The van der Waals surface area contributed by atoms with Crippen molar-refractivity contribution in [2.45, 2.75) is 63.8 Å². The number of rotatable bonds is 7. The van der Waals surface area contributed by atoms with Crippen molar-refractivity contribution in [3.05, 3.63) is 64.6 Å². The minimum Gasteiger partial charge on any atom is -0.354 e. The number of aromatic nitrogens is 3. The third-order valence-electron chi connectivity index (χ3n) is 8.87. The molecule has 2 N–H and O–H groups in total. The lowest BCUT2D eigenvalue weighted by Crippen LogP contribution is -2.40. The molecule has 4 aromatic rings. The predicted octanol–water partition coefficient (Wildman–Crippen LogP) is 5.72. The van der Waals surface area contributed by atoms with Crippen LogP contribution in [0, 0.1) is 5.92 Å². The number of likely N-dealkylation sites (tertiary alicyclic amines) is 1. The normalized spacial score (nSPS) is 19.6. The number of benzene rings is 2. The highest BCUT2D eigenvalue weighted by molar-refractivity contribution is 5.96. The Hall–Kier alpha value is -3.65. The quantitative estimate of drug-likeness (QED) is 0.312. The van der Waals surface area contributed by atoms with Gasteiger partial charge in [0.15, 0.2) is 5.82 Å². The van der Waals surface area contributed by atoms with Crippen molar-refractivity contribution < 1.29 is 9.32 Å². The maximum atomic E-state index is 13.8. The highest BCUT2D eigenvalue weighted by Crippen LogP contribution is 2.46. The number of fused-ring (bicyclic) bond motifs is 1. The van der Waals surface area contributed by atoms with Gasteiger partial charge in [-0.3, -0.25) is 14.3 Å². The van der Waals surface area contributed by atoms with Crippen molar-refractivity contribution in [1.82, 2.24) is 24.9 Å². The molecule has 0 spiro atoms. The van der Waals surface area contributed by atoms with E-state index in [-0.39, 0.29) is 5.91 Å². The summed E-state index contributed by atoms with van der Waals surface area (Å²) in [6, 6.07) is 16.2. The Morgan fingerprint density at radius 1 is 1.07 bits per heavy atom. The van der Waals surface area contributed by atoms with Crippen molar-refractivity contribution in [2.24, 2.45) is 5.92 Å². The van der Waals surface area contributed by atoms with Crippen LogP contribution in [0.4, 0.5) is 0 Å². The predicted molar refractivity (Wildman–Crippen MR) is 157 cm³/mol. The Morgan fingerprint density at radius 2 is 1.88 bits per heavy atom. The molecule has 2 aromatic heterocycles. The van der Waals surface area contributed by atoms with Gasteiger partial charge in [-0.2, -0.15) is 0 Å². The highest BCUT2D eigenvalue weighted by Gasteiger charge is 2.30. The molecular weight excluding hydrogens is 502 g/mol. The third-order valence-corrected chi connectivity index (χ3v) is 8.87. The van der Waals surface area contributed by atoms with Crippen molar-refractivity contribution >= 4 is 16.8 Å². The molecule has 210 valence electrons. The molecule has 3 heterocycles. The van der Waals surface area contributed by atoms with Crippen LogP contribution in [0.2, 0.25) is 0 Å². The molecule has 0 bridgehead atoms. The average Bonchev–Trinajstić information content (AvgIpc) is 3.57. The molecule has 1 amide bonds. The van der Waals surface area contributed by atoms with Crippen LogP contribution in [0.25, 0.3) is 33.5 Å². The number of hydrogen-bond donors (Lipinski definition) is 2. The molecule has 1 aliphatic heterocycles. The summed E-state index contributed by atoms with van der Waals surface area (Å²) >= 11 is 0. The molecule has 2 atom stereocenters. The molecule has 2 aliphatic rings. The van der Waals surface area contributed by atoms with Crippen LogP contribution in [0.3, 0.4) is 0 Å². The molecule has 2 aromatic carbocycles. The number of nitrogens with one attached hydrogen (secondary N) is 2. The standard InChI is InChI=1S/C32H39N5O3/c1-21(31(38)33-19-22-10-9-17-36(2)20-22)37-27-18-25(30-34-32(39)40-35-30)15-16-26(27)28(23-11-5-3-6-12-23)29(37)24-13-7-4-8-14-24/h4,7-8,13-16,18,21-23H,3,5-6,9-12,17,19-20H2,1-2H3,(H,33,38)(H,34,35,39). The second-order valence-electron chi connectivity index (χ2n) is 11.7. The Morgan fingerprint density at radius 3 is 2.60 bits per heavy atom. The van der Waals surface area contributed by atoms with E-state index >= 15 is 0 Å². The van der Waals surface area contributed by atoms with Gasteiger partial charge in [0.2, 0.25) is 5.91 Å². The number of carbonyl (C=O) groups excluding carboxylic acids is 1. The summed E-state index contributed by atoms with van der Waals surface area (Å²) in [6.45, 7) is 4.83. The van der Waals surface area contributed by atoms with Gasteiger partial charge in [0.1, 0.15) is 6.04 Å². The number of nitrogens with zero attached hydrogens (tertiary/aromatic N) is 3. The number of amides is 1. The van der Waals surface area contributed by atoms with Crippen molar-refractivity contribution in [2.75, 3.05) is 26.7 Å². The topological polar surface area (TPSA) is 96.2 Å². The van der Waals surface area contributed by atoms with Gasteiger partial charge < -0.3 is 14.8 Å². The van der Waals surface area contributed by atoms with E-state index in [1.54, 1.807) is 0 Å². The van der Waals surface area contributed by atoms with Gasteiger partial charge in [0.25, 0.3) is 0 Å². The molecule has 0 radical (unpaired) electrons. The van der Waals surface area contributed by atoms with Gasteiger partial charge in [0.05, 0.1) is 11.2 Å². The fourth-order valence-electron chi connectivity index (χ4n) is 6.89. The average molecular weight is 542 g/mol. The molecule has 8 nitrogen and oxygen atoms in total. The Balaban J connectivity index is 1.48. The van der Waals surface area contributed by atoms with E-state index in [0.29, 0.717) is 24.2 Å². The fourth-order valence-corrected chi connectivity index (χ4v) is 6.89. The van der Waals surface area contributed by atoms with Gasteiger partial charge in [-0.15, -0.1) is 0 Å². The summed E-state index contributed by atoms with van der Waals surface area (Å²) in [5.41, 5.74) is 5.29. The van der Waals surface area contributed by atoms with E-state index in [9.17, 15) is 9.59 Å². The van der Waals surface area contributed by atoms with E-state index in [2.05, 4.69) is 62.3 Å². The Kier molecular flexibility index (Phi) is 7.61. The molecule has 1 aliphatic carbocycles. The first-order valence-electron chi connectivity index (χ1n) is 14.8. The van der Waals surface area contributed by atoms with Gasteiger partial charge in [-0.1, -0.05) is 66.9 Å². The van der Waals surface area contributed by atoms with Crippen LogP contribution >= 0.6 is 0 Å². The summed E-state index contributed by atoms with van der Waals surface area (Å²) in [5, 5.41) is 8.38. The molecule has 2 unspecified atom stereocenters. The van der Waals surface area contributed by atoms with Crippen molar-refractivity contribution in [1.29, 1.82) is 0 Å². The van der Waals surface area contributed by atoms with E-state index in [1.807, 2.05) is 25.1 Å². The Bertz CT molecular complexity index is 1530. The van der Waals surface area contributed by atoms with Crippen LogP contribution in [0.15, 0.2) is 57.8 Å². The van der Waals surface area contributed by atoms with Gasteiger partial charge in [0, 0.05) is 24.0 Å². The van der Waals surface area contributed by atoms with E-state index in [0.717, 1.165) is 60.1 Å². The number of aromatic amines is 1. The molecule has 8 heteroatoms. The summed E-state index contributed by atoms with van der Waals surface area (Å²) < 4.78 is 7.02. The van der Waals surface area contributed by atoms with E-state index in [1.165, 1.54) is 31.2 Å². The number of H-pyrrole nitrogens is 1. The molecule has 1 saturated carbocycles. The van der Waals surface area contributed by atoms with Crippen LogP contribution in [-0.4, -0.2) is 52.2 Å². The number of hydrogen-bond acceptors (Lipinski definition) is 5. The lowest BCUT2D eigenvalue weighted by molar-refractivity contribution is -0.124. The van der Waals surface area contributed by atoms with Crippen LogP contribution in [0.5, 0.6) is 0 Å². The maximum Gasteiger partial charge on any atom is 0.439 e. The van der Waals surface area contributed by atoms with Crippen LogP contribution in [-0.2, 0) is 4.79 Å². The number of carbonyl (C=O) groups is 1. The SMILES string of the molecule is CC(C(=O)NCC1CCCN(C)C1)n1c(-c2ccccc2)c(C2CCCCC2)c2ccc(-c3noc(=O)[nH]3)cc21. The summed E-state index contributed by atoms with van der Waals surface area (Å²) in [6.07, 6.45) is 8.32. The monoisotopic (exact) mass is 541 g/mol. The molecule has 1 saturated heterocycles. The van der Waals surface area contributed by atoms with Gasteiger partial charge in [-0.05, 0) is 75.2 Å². The second kappa shape index (κ2) is 11.5.